The molecular formula is C14H19FN4O. The molecule has 1 aromatic rings. The molecule has 6 heteroatoms. The Hall–Kier alpha value is -1.66. The lowest BCUT2D eigenvalue weighted by atomic mass is 10.1. The first-order valence-corrected chi connectivity index (χ1v) is 6.98. The van der Waals surface area contributed by atoms with E-state index in [4.69, 9.17) is 0 Å². The summed E-state index contributed by atoms with van der Waals surface area (Å²) in [5, 5.41) is 6.00. The molecule has 0 spiro atoms. The van der Waals surface area contributed by atoms with E-state index in [-0.39, 0.29) is 11.8 Å². The molecule has 0 aliphatic carbocycles. The highest BCUT2D eigenvalue weighted by atomic mass is 19.1. The lowest BCUT2D eigenvalue weighted by Gasteiger charge is -2.43. The van der Waals surface area contributed by atoms with E-state index in [0.29, 0.717) is 11.7 Å². The summed E-state index contributed by atoms with van der Waals surface area (Å²) in [6, 6.07) is 6.45. The minimum atomic E-state index is -0.342. The first-order chi connectivity index (χ1) is 9.72. The minimum Gasteiger partial charge on any atom is -0.322 e. The van der Waals surface area contributed by atoms with Crippen molar-refractivity contribution in [2.24, 2.45) is 0 Å². The average molecular weight is 278 g/mol. The molecule has 2 heterocycles. The molecule has 2 N–H and O–H groups in total. The number of amides is 2. The highest BCUT2D eigenvalue weighted by Gasteiger charge is 2.29. The zero-order chi connectivity index (χ0) is 13.9. The molecule has 2 saturated heterocycles. The first kappa shape index (κ1) is 13.3. The van der Waals surface area contributed by atoms with Gasteiger partial charge in [-0.2, -0.15) is 0 Å². The maximum absolute atomic E-state index is 13.1. The fourth-order valence-electron chi connectivity index (χ4n) is 2.59. The van der Waals surface area contributed by atoms with Gasteiger partial charge in [0.2, 0.25) is 0 Å². The van der Waals surface area contributed by atoms with Crippen molar-refractivity contribution in [1.82, 2.24) is 15.1 Å². The van der Waals surface area contributed by atoms with Gasteiger partial charge in [-0.3, -0.25) is 4.90 Å². The largest absolute Gasteiger partial charge is 0.322 e. The second kappa shape index (κ2) is 5.76. The molecule has 5 nitrogen and oxygen atoms in total. The molecule has 0 unspecified atom stereocenters. The molecule has 108 valence electrons. The molecule has 0 radical (unpaired) electrons. The maximum Gasteiger partial charge on any atom is 0.321 e. The first-order valence-electron chi connectivity index (χ1n) is 6.98. The number of hydrogen-bond donors (Lipinski definition) is 2. The average Bonchev–Trinajstić information content (AvgIpc) is 2.37. The van der Waals surface area contributed by atoms with Gasteiger partial charge < -0.3 is 15.5 Å². The fourth-order valence-corrected chi connectivity index (χ4v) is 2.59. The van der Waals surface area contributed by atoms with Crippen molar-refractivity contribution in [2.75, 3.05) is 44.6 Å². The third-order valence-corrected chi connectivity index (χ3v) is 3.95. The van der Waals surface area contributed by atoms with Crippen LogP contribution >= 0.6 is 0 Å². The van der Waals surface area contributed by atoms with Gasteiger partial charge in [0.05, 0.1) is 0 Å². The van der Waals surface area contributed by atoms with Gasteiger partial charge in [0.1, 0.15) is 5.82 Å². The molecule has 0 bridgehead atoms. The van der Waals surface area contributed by atoms with Gasteiger partial charge in [-0.1, -0.05) is 6.07 Å². The predicted molar refractivity (Wildman–Crippen MR) is 75.2 cm³/mol. The Bertz CT molecular complexity index is 484. The standard InChI is InChI=1S/C14H19FN4O/c15-11-2-1-3-12(8-11)17-14(20)19-6-4-18(5-7-19)13-9-16-10-13/h1-3,8,13,16H,4-7,9-10H2,(H,17,20). The molecule has 2 aliphatic heterocycles. The van der Waals surface area contributed by atoms with Crippen LogP contribution in [0.15, 0.2) is 24.3 Å². The summed E-state index contributed by atoms with van der Waals surface area (Å²) in [7, 11) is 0. The number of halogens is 1. The Morgan fingerprint density at radius 3 is 2.60 bits per heavy atom. The fraction of sp³-hybridized carbons (Fsp3) is 0.500. The van der Waals surface area contributed by atoms with Gasteiger partial charge in [0.25, 0.3) is 0 Å². The summed E-state index contributed by atoms with van der Waals surface area (Å²) in [5.74, 6) is -0.342. The molecule has 1 aromatic carbocycles. The highest BCUT2D eigenvalue weighted by Crippen LogP contribution is 2.13. The number of nitrogens with one attached hydrogen (secondary N) is 2. The van der Waals surface area contributed by atoms with E-state index in [9.17, 15) is 9.18 Å². The summed E-state index contributed by atoms with van der Waals surface area (Å²) in [4.78, 5) is 16.3. The van der Waals surface area contributed by atoms with Gasteiger partial charge in [-0.25, -0.2) is 9.18 Å². The molecule has 0 aromatic heterocycles. The van der Waals surface area contributed by atoms with Gasteiger partial charge >= 0.3 is 6.03 Å². The Kier molecular flexibility index (Phi) is 3.84. The number of nitrogens with zero attached hydrogens (tertiary/aromatic N) is 2. The Balaban J connectivity index is 1.51. The van der Waals surface area contributed by atoms with E-state index in [1.807, 2.05) is 0 Å². The Labute approximate surface area is 117 Å². The summed E-state index contributed by atoms with van der Waals surface area (Å²) >= 11 is 0. The van der Waals surface area contributed by atoms with Crippen LogP contribution in [-0.2, 0) is 0 Å². The third-order valence-electron chi connectivity index (χ3n) is 3.95. The molecule has 2 fully saturated rings. The number of urea groups is 1. The predicted octanol–water partition coefficient (Wildman–Crippen LogP) is 0.947. The van der Waals surface area contributed by atoms with Crippen molar-refractivity contribution in [2.45, 2.75) is 6.04 Å². The smallest absolute Gasteiger partial charge is 0.321 e. The number of benzene rings is 1. The number of anilines is 1. The van der Waals surface area contributed by atoms with Crippen LogP contribution in [0.4, 0.5) is 14.9 Å². The summed E-state index contributed by atoms with van der Waals surface area (Å²) in [5.41, 5.74) is 0.501. The van der Waals surface area contributed by atoms with Crippen LogP contribution in [0.3, 0.4) is 0 Å². The van der Waals surface area contributed by atoms with Crippen LogP contribution in [0.1, 0.15) is 0 Å². The minimum absolute atomic E-state index is 0.151. The summed E-state index contributed by atoms with van der Waals surface area (Å²) in [6.45, 7) is 5.35. The highest BCUT2D eigenvalue weighted by molar-refractivity contribution is 5.89. The van der Waals surface area contributed by atoms with Gasteiger partial charge in [0.15, 0.2) is 0 Å². The number of rotatable bonds is 2. The van der Waals surface area contributed by atoms with Crippen LogP contribution < -0.4 is 10.6 Å². The van der Waals surface area contributed by atoms with Crippen molar-refractivity contribution >= 4 is 11.7 Å². The quantitative estimate of drug-likeness (QED) is 0.846. The third kappa shape index (κ3) is 2.91. The van der Waals surface area contributed by atoms with E-state index < -0.39 is 0 Å². The van der Waals surface area contributed by atoms with Gasteiger partial charge in [-0.15, -0.1) is 0 Å². The molecule has 2 aliphatic rings. The van der Waals surface area contributed by atoms with Crippen LogP contribution in [0, 0.1) is 5.82 Å². The van der Waals surface area contributed by atoms with E-state index in [2.05, 4.69) is 15.5 Å². The summed E-state index contributed by atoms with van der Waals surface area (Å²) < 4.78 is 13.1. The number of carbonyl (C=O) groups is 1. The van der Waals surface area contributed by atoms with Crippen LogP contribution in [0.25, 0.3) is 0 Å². The Morgan fingerprint density at radius 2 is 2.00 bits per heavy atom. The SMILES string of the molecule is O=C(Nc1cccc(F)c1)N1CCN(C2CNC2)CC1. The topological polar surface area (TPSA) is 47.6 Å². The maximum atomic E-state index is 13.1. The van der Waals surface area contributed by atoms with E-state index in [1.165, 1.54) is 12.1 Å². The zero-order valence-electron chi connectivity index (χ0n) is 11.3. The van der Waals surface area contributed by atoms with Crippen LogP contribution in [-0.4, -0.2) is 61.1 Å². The molecule has 20 heavy (non-hydrogen) atoms. The van der Waals surface area contributed by atoms with Gasteiger partial charge in [-0.05, 0) is 18.2 Å². The lowest BCUT2D eigenvalue weighted by Crippen LogP contribution is -2.62. The van der Waals surface area contributed by atoms with Gasteiger partial charge in [0, 0.05) is 51.0 Å². The lowest BCUT2D eigenvalue weighted by molar-refractivity contribution is 0.0878. The second-order valence-corrected chi connectivity index (χ2v) is 5.28. The van der Waals surface area contributed by atoms with E-state index >= 15 is 0 Å². The second-order valence-electron chi connectivity index (χ2n) is 5.28. The van der Waals surface area contributed by atoms with Crippen LogP contribution in [0.5, 0.6) is 0 Å². The van der Waals surface area contributed by atoms with Crippen molar-refractivity contribution in [3.63, 3.8) is 0 Å². The molecule has 0 saturated carbocycles. The van der Waals surface area contributed by atoms with Crippen molar-refractivity contribution in [1.29, 1.82) is 0 Å². The molecule has 3 rings (SSSR count). The zero-order valence-corrected chi connectivity index (χ0v) is 11.3. The van der Waals surface area contributed by atoms with Crippen molar-refractivity contribution in [3.8, 4) is 0 Å². The molecule has 2 amide bonds. The number of piperazine rings is 1. The number of hydrogen-bond acceptors (Lipinski definition) is 3. The van der Waals surface area contributed by atoms with E-state index in [1.54, 1.807) is 17.0 Å². The molecular weight excluding hydrogens is 259 g/mol. The van der Waals surface area contributed by atoms with Crippen LogP contribution in [0.2, 0.25) is 0 Å². The monoisotopic (exact) mass is 278 g/mol. The Morgan fingerprint density at radius 1 is 1.25 bits per heavy atom. The van der Waals surface area contributed by atoms with E-state index in [0.717, 1.165) is 39.3 Å². The number of carbonyl (C=O) groups excluding carboxylic acids is 1. The normalized spacial score (nSPS) is 20.6. The van der Waals surface area contributed by atoms with Crippen molar-refractivity contribution < 1.29 is 9.18 Å². The van der Waals surface area contributed by atoms with Crippen molar-refractivity contribution in [3.05, 3.63) is 30.1 Å². The molecule has 0 atom stereocenters. The summed E-state index contributed by atoms with van der Waals surface area (Å²) in [6.07, 6.45) is 0.